The quantitative estimate of drug-likeness (QED) is 0.754. The fraction of sp³-hybridized carbons (Fsp3) is 0.357. The van der Waals surface area contributed by atoms with Crippen molar-refractivity contribution in [1.29, 1.82) is 5.26 Å². The molecule has 0 radical (unpaired) electrons. The Labute approximate surface area is 112 Å². The maximum atomic E-state index is 8.69. The molecule has 0 amide bonds. The molecule has 0 unspecified atom stereocenters. The van der Waals surface area contributed by atoms with Gasteiger partial charge in [-0.15, -0.1) is 0 Å². The summed E-state index contributed by atoms with van der Waals surface area (Å²) in [6, 6.07) is 10.2. The number of anilines is 1. The summed E-state index contributed by atoms with van der Waals surface area (Å²) in [6.45, 7) is 4.04. The molecule has 0 saturated carbocycles. The number of nitriles is 1. The van der Waals surface area contributed by atoms with Crippen molar-refractivity contribution in [3.63, 3.8) is 0 Å². The summed E-state index contributed by atoms with van der Waals surface area (Å²) in [7, 11) is 0. The average molecular weight is 253 g/mol. The van der Waals surface area contributed by atoms with Crippen LogP contribution in [0.3, 0.4) is 0 Å². The fourth-order valence-corrected chi connectivity index (χ4v) is 2.32. The molecule has 0 bridgehead atoms. The highest BCUT2D eigenvalue weighted by atomic mass is 15.3. The van der Waals surface area contributed by atoms with E-state index >= 15 is 0 Å². The van der Waals surface area contributed by atoms with Crippen LogP contribution in [0.5, 0.6) is 0 Å². The number of fused-ring (bicyclic) bond motifs is 1. The zero-order valence-corrected chi connectivity index (χ0v) is 10.7. The summed E-state index contributed by atoms with van der Waals surface area (Å²) >= 11 is 0. The first-order chi connectivity index (χ1) is 9.36. The van der Waals surface area contributed by atoms with Crippen molar-refractivity contribution < 1.29 is 0 Å². The summed E-state index contributed by atoms with van der Waals surface area (Å²) in [6.07, 6.45) is 1.87. The van der Waals surface area contributed by atoms with E-state index in [2.05, 4.69) is 25.8 Å². The Hall–Kier alpha value is -2.19. The van der Waals surface area contributed by atoms with Gasteiger partial charge in [-0.3, -0.25) is 4.90 Å². The monoisotopic (exact) mass is 253 g/mol. The second-order valence-corrected chi connectivity index (χ2v) is 4.65. The van der Waals surface area contributed by atoms with Gasteiger partial charge >= 0.3 is 0 Å². The predicted molar refractivity (Wildman–Crippen MR) is 73.8 cm³/mol. The van der Waals surface area contributed by atoms with Gasteiger partial charge in [-0.1, -0.05) is 18.2 Å². The van der Waals surface area contributed by atoms with Gasteiger partial charge in [0.05, 0.1) is 18.1 Å². The second-order valence-electron chi connectivity index (χ2n) is 4.65. The lowest BCUT2D eigenvalue weighted by Crippen LogP contribution is -2.47. The topological polar surface area (TPSA) is 56.1 Å². The molecule has 1 fully saturated rings. The van der Waals surface area contributed by atoms with Crippen molar-refractivity contribution in [3.8, 4) is 6.07 Å². The Morgan fingerprint density at radius 2 is 1.95 bits per heavy atom. The molecular formula is C14H15N5. The highest BCUT2D eigenvalue weighted by molar-refractivity contribution is 5.78. The van der Waals surface area contributed by atoms with Gasteiger partial charge in [0.15, 0.2) is 0 Å². The third-order valence-corrected chi connectivity index (χ3v) is 3.43. The van der Waals surface area contributed by atoms with Crippen LogP contribution in [0, 0.1) is 11.3 Å². The van der Waals surface area contributed by atoms with Crippen LogP contribution >= 0.6 is 0 Å². The molecule has 1 aromatic heterocycles. The molecule has 2 aromatic rings. The number of hydrogen-bond acceptors (Lipinski definition) is 5. The van der Waals surface area contributed by atoms with Gasteiger partial charge in [0.1, 0.15) is 0 Å². The van der Waals surface area contributed by atoms with E-state index in [4.69, 9.17) is 5.26 Å². The van der Waals surface area contributed by atoms with Crippen molar-refractivity contribution in [2.75, 3.05) is 37.6 Å². The molecule has 1 aliphatic heterocycles. The molecule has 1 saturated heterocycles. The molecular weight excluding hydrogens is 238 g/mol. The molecule has 1 aliphatic rings. The number of hydrogen-bond donors (Lipinski definition) is 0. The van der Waals surface area contributed by atoms with E-state index < -0.39 is 0 Å². The van der Waals surface area contributed by atoms with Gasteiger partial charge in [-0.2, -0.15) is 5.26 Å². The molecule has 3 rings (SSSR count). The van der Waals surface area contributed by atoms with E-state index in [0.29, 0.717) is 6.54 Å². The number of nitrogens with zero attached hydrogens (tertiary/aromatic N) is 5. The third-order valence-electron chi connectivity index (χ3n) is 3.43. The first-order valence-corrected chi connectivity index (χ1v) is 6.43. The molecule has 0 atom stereocenters. The Morgan fingerprint density at radius 3 is 2.74 bits per heavy atom. The van der Waals surface area contributed by atoms with Crippen molar-refractivity contribution in [2.45, 2.75) is 0 Å². The van der Waals surface area contributed by atoms with Gasteiger partial charge in [0, 0.05) is 37.8 Å². The largest absolute Gasteiger partial charge is 0.338 e. The fourth-order valence-electron chi connectivity index (χ4n) is 2.32. The molecule has 5 heteroatoms. The molecule has 5 nitrogen and oxygen atoms in total. The number of piperazine rings is 1. The van der Waals surface area contributed by atoms with E-state index in [1.54, 1.807) is 0 Å². The normalized spacial score (nSPS) is 16.5. The van der Waals surface area contributed by atoms with Crippen LogP contribution in [0.15, 0.2) is 30.5 Å². The smallest absolute Gasteiger partial charge is 0.225 e. The van der Waals surface area contributed by atoms with Crippen LogP contribution in [-0.2, 0) is 0 Å². The summed E-state index contributed by atoms with van der Waals surface area (Å²) < 4.78 is 0. The summed E-state index contributed by atoms with van der Waals surface area (Å²) in [4.78, 5) is 13.4. The Morgan fingerprint density at radius 1 is 1.16 bits per heavy atom. The number of benzene rings is 1. The Balaban J connectivity index is 1.77. The average Bonchev–Trinajstić information content (AvgIpc) is 2.48. The van der Waals surface area contributed by atoms with E-state index in [9.17, 15) is 0 Å². The maximum Gasteiger partial charge on any atom is 0.225 e. The Kier molecular flexibility index (Phi) is 3.25. The third kappa shape index (κ3) is 2.49. The molecule has 2 heterocycles. The second kappa shape index (κ2) is 5.21. The van der Waals surface area contributed by atoms with Crippen molar-refractivity contribution in [3.05, 3.63) is 30.5 Å². The van der Waals surface area contributed by atoms with Gasteiger partial charge in [0.2, 0.25) is 5.95 Å². The zero-order chi connectivity index (χ0) is 13.1. The van der Waals surface area contributed by atoms with Crippen LogP contribution < -0.4 is 4.90 Å². The highest BCUT2D eigenvalue weighted by Gasteiger charge is 2.18. The van der Waals surface area contributed by atoms with Crippen LogP contribution in [0.2, 0.25) is 0 Å². The SMILES string of the molecule is N#CCN1CCN(c2ncc3ccccc3n2)CC1. The van der Waals surface area contributed by atoms with E-state index in [-0.39, 0.29) is 0 Å². The molecule has 19 heavy (non-hydrogen) atoms. The minimum Gasteiger partial charge on any atom is -0.338 e. The molecule has 0 aliphatic carbocycles. The first kappa shape index (κ1) is 11.9. The minimum atomic E-state index is 0.506. The zero-order valence-electron chi connectivity index (χ0n) is 10.7. The van der Waals surface area contributed by atoms with Gasteiger partial charge < -0.3 is 4.90 Å². The summed E-state index contributed by atoms with van der Waals surface area (Å²) in [5.74, 6) is 0.787. The van der Waals surface area contributed by atoms with Crippen LogP contribution in [0.4, 0.5) is 5.95 Å². The lowest BCUT2D eigenvalue weighted by Gasteiger charge is -2.33. The maximum absolute atomic E-state index is 8.69. The molecule has 1 aromatic carbocycles. The van der Waals surface area contributed by atoms with E-state index in [1.807, 2.05) is 30.5 Å². The standard InChI is InChI=1S/C14H15N5/c15-5-6-18-7-9-19(10-8-18)14-16-11-12-3-1-2-4-13(12)17-14/h1-4,11H,6-10H2. The first-order valence-electron chi connectivity index (χ1n) is 6.43. The summed E-state index contributed by atoms with van der Waals surface area (Å²) in [5, 5.41) is 9.75. The predicted octanol–water partition coefficient (Wildman–Crippen LogP) is 1.28. The van der Waals surface area contributed by atoms with Crippen molar-refractivity contribution >= 4 is 16.9 Å². The lowest BCUT2D eigenvalue weighted by molar-refractivity contribution is 0.285. The van der Waals surface area contributed by atoms with Crippen LogP contribution in [0.1, 0.15) is 0 Å². The van der Waals surface area contributed by atoms with E-state index in [0.717, 1.165) is 43.0 Å². The lowest BCUT2D eigenvalue weighted by atomic mass is 10.2. The molecule has 96 valence electrons. The van der Waals surface area contributed by atoms with Crippen molar-refractivity contribution in [2.24, 2.45) is 0 Å². The summed E-state index contributed by atoms with van der Waals surface area (Å²) in [5.41, 5.74) is 0.979. The van der Waals surface area contributed by atoms with E-state index in [1.165, 1.54) is 0 Å². The van der Waals surface area contributed by atoms with Crippen LogP contribution in [0.25, 0.3) is 10.9 Å². The Bertz CT molecular complexity index is 611. The number of para-hydroxylation sites is 1. The number of rotatable bonds is 2. The molecule has 0 spiro atoms. The minimum absolute atomic E-state index is 0.506. The highest BCUT2D eigenvalue weighted by Crippen LogP contribution is 2.16. The number of aromatic nitrogens is 2. The van der Waals surface area contributed by atoms with Gasteiger partial charge in [-0.25, -0.2) is 9.97 Å². The molecule has 0 N–H and O–H groups in total. The van der Waals surface area contributed by atoms with Crippen LogP contribution in [-0.4, -0.2) is 47.6 Å². The van der Waals surface area contributed by atoms with Gasteiger partial charge in [-0.05, 0) is 6.07 Å². The van der Waals surface area contributed by atoms with Crippen molar-refractivity contribution in [1.82, 2.24) is 14.9 Å². The van der Waals surface area contributed by atoms with Gasteiger partial charge in [0.25, 0.3) is 0 Å².